The summed E-state index contributed by atoms with van der Waals surface area (Å²) in [6.07, 6.45) is 7.44. The summed E-state index contributed by atoms with van der Waals surface area (Å²) in [5.41, 5.74) is -4.03. The summed E-state index contributed by atoms with van der Waals surface area (Å²) in [7, 11) is 0. The molecular formula is C43H45FN2O7. The summed E-state index contributed by atoms with van der Waals surface area (Å²) in [4.78, 5) is 56.9. The number of aromatic nitrogens is 1. The number of nitrogens with zero attached hydrogens (tertiary/aromatic N) is 1. The quantitative estimate of drug-likeness (QED) is 0.242. The van der Waals surface area contributed by atoms with E-state index >= 15 is 4.39 Å². The van der Waals surface area contributed by atoms with Crippen LogP contribution in [0.5, 0.6) is 0 Å². The molecule has 11 atom stereocenters. The highest BCUT2D eigenvalue weighted by atomic mass is 19.1. The average Bonchev–Trinajstić information content (AvgIpc) is 3.78. The predicted molar refractivity (Wildman–Crippen MR) is 195 cm³/mol. The van der Waals surface area contributed by atoms with Crippen LogP contribution in [0.4, 0.5) is 10.1 Å². The van der Waals surface area contributed by atoms with Crippen molar-refractivity contribution in [2.45, 2.75) is 76.7 Å². The van der Waals surface area contributed by atoms with Gasteiger partial charge in [-0.3, -0.25) is 19.4 Å². The van der Waals surface area contributed by atoms with Gasteiger partial charge in [0, 0.05) is 46.1 Å². The number of aliphatic hydroxyl groups excluding tert-OH is 1. The molecule has 3 N–H and O–H groups in total. The zero-order chi connectivity index (χ0) is 37.7. The number of anilines is 1. The molecule has 2 aromatic carbocycles. The van der Waals surface area contributed by atoms with Crippen LogP contribution in [0, 0.1) is 40.4 Å². The molecule has 0 spiro atoms. The minimum absolute atomic E-state index is 0.0409. The number of pyridine rings is 1. The van der Waals surface area contributed by atoms with Crippen molar-refractivity contribution in [1.29, 1.82) is 0 Å². The zero-order valence-corrected chi connectivity index (χ0v) is 30.3. The van der Waals surface area contributed by atoms with Crippen LogP contribution in [0.25, 0.3) is 10.8 Å². The number of aliphatic hydroxyl groups is 2. The SMILES string of the molecule is C[C@H]1[C@@H](C(=O)Nc2ccc3cnccc3c2)[C@@H]1c1cccc(C(=O)OCC(=O)[C@@]2(O)[C@H](C)C[C@H]3[C@@H]4CCC5=CC(=O)C=C[C@]5(C)[C@@]4(F)[C@@H](O)C[C@@]32C)c1. The Morgan fingerprint density at radius 1 is 1.06 bits per heavy atom. The molecule has 0 aliphatic heterocycles. The molecule has 0 radical (unpaired) electrons. The molecule has 8 rings (SSSR count). The number of alkyl halides is 1. The van der Waals surface area contributed by atoms with E-state index in [2.05, 4.69) is 10.3 Å². The summed E-state index contributed by atoms with van der Waals surface area (Å²) in [5, 5.41) is 28.9. The van der Waals surface area contributed by atoms with E-state index < -0.39 is 64.3 Å². The topological polar surface area (TPSA) is 143 Å². The number of allylic oxidation sites excluding steroid dienone is 4. The number of nitrogens with one attached hydrogen (secondary N) is 1. The van der Waals surface area contributed by atoms with Crippen LogP contribution in [0.15, 0.2) is 84.7 Å². The van der Waals surface area contributed by atoms with Gasteiger partial charge in [-0.1, -0.05) is 50.6 Å². The van der Waals surface area contributed by atoms with Crippen molar-refractivity contribution in [3.8, 4) is 0 Å². The normalized spacial score (nSPS) is 38.3. The number of carbonyl (C=O) groups is 4. The molecule has 1 heterocycles. The molecule has 53 heavy (non-hydrogen) atoms. The van der Waals surface area contributed by atoms with Gasteiger partial charge in [-0.15, -0.1) is 0 Å². The first-order valence-corrected chi connectivity index (χ1v) is 18.6. The molecule has 1 amide bonds. The van der Waals surface area contributed by atoms with Crippen LogP contribution in [0.1, 0.15) is 75.2 Å². The second-order valence-electron chi connectivity index (χ2n) is 16.6. The first-order chi connectivity index (χ1) is 25.1. The van der Waals surface area contributed by atoms with Gasteiger partial charge in [-0.2, -0.15) is 0 Å². The Morgan fingerprint density at radius 2 is 1.85 bits per heavy atom. The van der Waals surface area contributed by atoms with E-state index in [1.165, 1.54) is 12.2 Å². The average molecular weight is 721 g/mol. The summed E-state index contributed by atoms with van der Waals surface area (Å²) < 4.78 is 23.1. The van der Waals surface area contributed by atoms with Gasteiger partial charge in [0.05, 0.1) is 11.7 Å². The minimum Gasteiger partial charge on any atom is -0.454 e. The van der Waals surface area contributed by atoms with Crippen molar-refractivity contribution >= 4 is 39.9 Å². The molecular weight excluding hydrogens is 675 g/mol. The van der Waals surface area contributed by atoms with Gasteiger partial charge in [0.15, 0.2) is 18.1 Å². The molecule has 5 aliphatic carbocycles. The first kappa shape index (κ1) is 35.5. The van der Waals surface area contributed by atoms with Gasteiger partial charge in [0.25, 0.3) is 0 Å². The number of fused-ring (bicyclic) bond motifs is 6. The third-order valence-corrected chi connectivity index (χ3v) is 14.1. The van der Waals surface area contributed by atoms with Crippen LogP contribution in [-0.2, 0) is 19.1 Å². The lowest BCUT2D eigenvalue weighted by Gasteiger charge is -2.62. The molecule has 3 aromatic rings. The molecule has 4 fully saturated rings. The van der Waals surface area contributed by atoms with Crippen LogP contribution in [-0.4, -0.2) is 62.6 Å². The fourth-order valence-corrected chi connectivity index (χ4v) is 11.1. The lowest BCUT2D eigenvalue weighted by molar-refractivity contribution is -0.219. The number of benzene rings is 2. The molecule has 10 heteroatoms. The summed E-state index contributed by atoms with van der Waals surface area (Å²) in [5.74, 6) is -3.75. The Labute approximate surface area is 307 Å². The second kappa shape index (κ2) is 12.2. The Bertz CT molecular complexity index is 2130. The molecule has 9 nitrogen and oxygen atoms in total. The maximum absolute atomic E-state index is 17.5. The van der Waals surface area contributed by atoms with E-state index in [0.29, 0.717) is 30.5 Å². The molecule has 1 aromatic heterocycles. The van der Waals surface area contributed by atoms with Crippen molar-refractivity contribution in [1.82, 2.24) is 4.98 Å². The Kier molecular flexibility index (Phi) is 8.20. The van der Waals surface area contributed by atoms with Crippen molar-refractivity contribution in [3.63, 3.8) is 0 Å². The number of ketones is 2. The van der Waals surface area contributed by atoms with Crippen LogP contribution in [0.2, 0.25) is 0 Å². The number of carbonyl (C=O) groups excluding carboxylic acids is 4. The smallest absolute Gasteiger partial charge is 0.338 e. The van der Waals surface area contributed by atoms with Crippen LogP contribution >= 0.6 is 0 Å². The zero-order valence-electron chi connectivity index (χ0n) is 30.3. The lowest BCUT2D eigenvalue weighted by atomic mass is 9.44. The Balaban J connectivity index is 0.947. The first-order valence-electron chi connectivity index (χ1n) is 18.6. The van der Waals surface area contributed by atoms with E-state index in [4.69, 9.17) is 4.74 Å². The van der Waals surface area contributed by atoms with Crippen LogP contribution in [0.3, 0.4) is 0 Å². The Morgan fingerprint density at radius 3 is 2.64 bits per heavy atom. The van der Waals surface area contributed by atoms with E-state index in [1.54, 1.807) is 57.4 Å². The van der Waals surface area contributed by atoms with E-state index in [0.717, 1.165) is 16.3 Å². The molecule has 0 saturated heterocycles. The van der Waals surface area contributed by atoms with Crippen molar-refractivity contribution < 1.29 is 38.5 Å². The summed E-state index contributed by atoms with van der Waals surface area (Å²) >= 11 is 0. The number of hydrogen-bond donors (Lipinski definition) is 3. The highest BCUT2D eigenvalue weighted by molar-refractivity contribution is 6.01. The van der Waals surface area contributed by atoms with E-state index in [-0.39, 0.29) is 41.4 Å². The van der Waals surface area contributed by atoms with E-state index in [9.17, 15) is 29.4 Å². The highest BCUT2D eigenvalue weighted by Gasteiger charge is 2.75. The van der Waals surface area contributed by atoms with Crippen LogP contribution < -0.4 is 5.32 Å². The third kappa shape index (κ3) is 5.12. The molecule has 0 bridgehead atoms. The van der Waals surface area contributed by atoms with Gasteiger partial charge >= 0.3 is 5.97 Å². The minimum atomic E-state index is -2.09. The van der Waals surface area contributed by atoms with Gasteiger partial charge < -0.3 is 20.3 Å². The Hall–Kier alpha value is -4.54. The summed E-state index contributed by atoms with van der Waals surface area (Å²) in [6.45, 7) is 6.55. The lowest BCUT2D eigenvalue weighted by Crippen LogP contribution is -2.69. The monoisotopic (exact) mass is 720 g/mol. The maximum Gasteiger partial charge on any atom is 0.338 e. The van der Waals surface area contributed by atoms with Gasteiger partial charge in [0.1, 0.15) is 5.60 Å². The fraction of sp³-hybridized carbons (Fsp3) is 0.465. The number of ether oxygens (including phenoxy) is 1. The number of rotatable bonds is 7. The van der Waals surface area contributed by atoms with Gasteiger partial charge in [0.2, 0.25) is 11.7 Å². The second-order valence-corrected chi connectivity index (χ2v) is 16.6. The summed E-state index contributed by atoms with van der Waals surface area (Å²) in [6, 6.07) is 14.4. The van der Waals surface area contributed by atoms with Crippen molar-refractivity contribution in [2.75, 3.05) is 11.9 Å². The molecule has 276 valence electrons. The van der Waals surface area contributed by atoms with E-state index in [1.807, 2.05) is 37.3 Å². The number of halogens is 1. The van der Waals surface area contributed by atoms with Gasteiger partial charge in [-0.25, -0.2) is 9.18 Å². The largest absolute Gasteiger partial charge is 0.454 e. The van der Waals surface area contributed by atoms with Crippen molar-refractivity contribution in [3.05, 3.63) is 95.9 Å². The maximum atomic E-state index is 17.5. The standard InChI is InChI=1S/C43H45FN2O7/c1-23-16-33-32-11-9-29-19-31(47)12-14-40(29,3)42(32,44)34(48)20-41(33,4)43(23,52)35(49)22-53-39(51)27-7-5-6-26(17-27)36-24(2)37(36)38(50)46-30-10-8-28-21-45-15-13-25(28)18-30/h5-8,10,12-15,17-19,21,23-24,32-34,36-37,48,52H,9,11,16,20,22H2,1-4H3,(H,46,50)/t23-,24-,32+,33+,34+,36+,37-,40+,41+,42+,43+/m1/s1. The fourth-order valence-electron chi connectivity index (χ4n) is 11.1. The molecule has 4 saturated carbocycles. The third-order valence-electron chi connectivity index (χ3n) is 14.1. The van der Waals surface area contributed by atoms with Crippen molar-refractivity contribution in [2.24, 2.45) is 40.4 Å². The number of esters is 1. The molecule has 5 aliphatic rings. The number of Topliss-reactive ketones (excluding diaryl/α,β-unsaturated/α-hetero) is 1. The highest BCUT2D eigenvalue weighted by Crippen LogP contribution is 2.70. The predicted octanol–water partition coefficient (Wildman–Crippen LogP) is 6.30. The number of amides is 1. The van der Waals surface area contributed by atoms with Gasteiger partial charge in [-0.05, 0) is 110 Å². The number of hydrogen-bond acceptors (Lipinski definition) is 8. The molecule has 0 unspecified atom stereocenters.